The molecule has 3 rings (SSSR count). The fraction of sp³-hybridized carbons (Fsp3) is 0.417. The summed E-state index contributed by atoms with van der Waals surface area (Å²) < 4.78 is 26.1. The van der Waals surface area contributed by atoms with Gasteiger partial charge in [0.2, 0.25) is 21.8 Å². The minimum atomic E-state index is -3.80. The van der Waals surface area contributed by atoms with Crippen molar-refractivity contribution in [3.8, 4) is 0 Å². The van der Waals surface area contributed by atoms with E-state index in [-0.39, 0.29) is 24.2 Å². The average molecular weight is 526 g/mol. The van der Waals surface area contributed by atoms with Gasteiger partial charge in [-0.05, 0) is 55.7 Å². The first kappa shape index (κ1) is 26.3. The maximum absolute atomic E-state index is 13.5. The zero-order chi connectivity index (χ0) is 24.9. The SMILES string of the molecule is C[C@@H](C(=O)NC1CCCC1)N(Cc1ccc(Cl)cc1)C(=O)CN(c1cccc(Cl)c1)S(C)(=O)=O. The molecule has 0 saturated heterocycles. The Hall–Kier alpha value is -2.29. The Balaban J connectivity index is 1.87. The molecule has 0 bridgehead atoms. The molecule has 1 atom stereocenters. The number of carbonyl (C=O) groups is 2. The van der Waals surface area contributed by atoms with E-state index in [1.54, 1.807) is 49.4 Å². The quantitative estimate of drug-likeness (QED) is 0.530. The first-order valence-corrected chi connectivity index (χ1v) is 13.7. The summed E-state index contributed by atoms with van der Waals surface area (Å²) in [5.74, 6) is -0.766. The molecule has 1 aliphatic carbocycles. The molecule has 2 amide bonds. The number of sulfonamides is 1. The molecule has 1 fully saturated rings. The highest BCUT2D eigenvalue weighted by Gasteiger charge is 2.31. The third-order valence-corrected chi connectivity index (χ3v) is 7.54. The van der Waals surface area contributed by atoms with Crippen molar-refractivity contribution in [2.75, 3.05) is 17.1 Å². The second-order valence-corrected chi connectivity index (χ2v) is 11.3. The number of hydrogen-bond acceptors (Lipinski definition) is 4. The van der Waals surface area contributed by atoms with Crippen LogP contribution in [0.3, 0.4) is 0 Å². The van der Waals surface area contributed by atoms with Gasteiger partial charge in [0.1, 0.15) is 12.6 Å². The van der Waals surface area contributed by atoms with Crippen LogP contribution in [-0.4, -0.2) is 50.0 Å². The van der Waals surface area contributed by atoms with Gasteiger partial charge in [-0.15, -0.1) is 0 Å². The summed E-state index contributed by atoms with van der Waals surface area (Å²) in [4.78, 5) is 27.9. The van der Waals surface area contributed by atoms with Crippen molar-refractivity contribution in [3.63, 3.8) is 0 Å². The Kier molecular flexibility index (Phi) is 8.84. The van der Waals surface area contributed by atoms with Gasteiger partial charge in [0.05, 0.1) is 11.9 Å². The van der Waals surface area contributed by atoms with Gasteiger partial charge < -0.3 is 10.2 Å². The maximum atomic E-state index is 13.5. The minimum absolute atomic E-state index is 0.0985. The zero-order valence-corrected chi connectivity index (χ0v) is 21.5. The zero-order valence-electron chi connectivity index (χ0n) is 19.2. The molecule has 0 heterocycles. The lowest BCUT2D eigenvalue weighted by Gasteiger charge is -2.32. The van der Waals surface area contributed by atoms with E-state index in [4.69, 9.17) is 23.2 Å². The summed E-state index contributed by atoms with van der Waals surface area (Å²) in [5, 5.41) is 3.93. The van der Waals surface area contributed by atoms with Crippen molar-refractivity contribution < 1.29 is 18.0 Å². The summed E-state index contributed by atoms with van der Waals surface area (Å²) in [7, 11) is -3.80. The number of nitrogens with one attached hydrogen (secondary N) is 1. The van der Waals surface area contributed by atoms with Crippen LogP contribution < -0.4 is 9.62 Å². The molecule has 1 N–H and O–H groups in total. The molecule has 2 aromatic carbocycles. The smallest absolute Gasteiger partial charge is 0.244 e. The van der Waals surface area contributed by atoms with E-state index in [9.17, 15) is 18.0 Å². The van der Waals surface area contributed by atoms with E-state index in [0.717, 1.165) is 41.8 Å². The van der Waals surface area contributed by atoms with E-state index in [0.29, 0.717) is 10.0 Å². The lowest BCUT2D eigenvalue weighted by Crippen LogP contribution is -2.52. The monoisotopic (exact) mass is 525 g/mol. The summed E-state index contributed by atoms with van der Waals surface area (Å²) in [6, 6.07) is 12.5. The number of amides is 2. The molecule has 7 nitrogen and oxygen atoms in total. The first-order valence-electron chi connectivity index (χ1n) is 11.1. The molecule has 10 heteroatoms. The van der Waals surface area contributed by atoms with Crippen LogP contribution in [0.25, 0.3) is 0 Å². The Bertz CT molecular complexity index is 1120. The maximum Gasteiger partial charge on any atom is 0.244 e. The topological polar surface area (TPSA) is 86.8 Å². The fourth-order valence-corrected chi connectivity index (χ4v) is 5.16. The Morgan fingerprint density at radius 3 is 2.29 bits per heavy atom. The number of halogens is 2. The Morgan fingerprint density at radius 1 is 1.06 bits per heavy atom. The van der Waals surface area contributed by atoms with Crippen molar-refractivity contribution in [3.05, 3.63) is 64.1 Å². The van der Waals surface area contributed by atoms with E-state index >= 15 is 0 Å². The standard InChI is InChI=1S/C24H29Cl2N3O4S/c1-17(24(31)27-21-7-3-4-8-21)28(15-18-10-12-19(25)13-11-18)23(30)16-29(34(2,32)33)22-9-5-6-20(26)14-22/h5-6,9-14,17,21H,3-4,7-8,15-16H2,1-2H3,(H,27,31)/t17-/m0/s1. The minimum Gasteiger partial charge on any atom is -0.352 e. The van der Waals surface area contributed by atoms with Crippen LogP contribution in [0.5, 0.6) is 0 Å². The molecule has 2 aromatic rings. The van der Waals surface area contributed by atoms with Gasteiger partial charge in [-0.1, -0.05) is 54.2 Å². The van der Waals surface area contributed by atoms with Gasteiger partial charge in [-0.2, -0.15) is 0 Å². The number of rotatable bonds is 9. The summed E-state index contributed by atoms with van der Waals surface area (Å²) >= 11 is 12.0. The normalized spacial score (nSPS) is 15.1. The van der Waals surface area contributed by atoms with Gasteiger partial charge in [0, 0.05) is 22.6 Å². The summed E-state index contributed by atoms with van der Waals surface area (Å²) in [6.07, 6.45) is 4.99. The van der Waals surface area contributed by atoms with Gasteiger partial charge in [-0.3, -0.25) is 13.9 Å². The third kappa shape index (κ3) is 7.10. The van der Waals surface area contributed by atoms with Crippen LogP contribution in [-0.2, 0) is 26.2 Å². The predicted molar refractivity (Wildman–Crippen MR) is 136 cm³/mol. The molecule has 1 aliphatic rings. The second-order valence-electron chi connectivity index (χ2n) is 8.56. The van der Waals surface area contributed by atoms with Crippen molar-refractivity contribution >= 4 is 50.7 Å². The summed E-state index contributed by atoms with van der Waals surface area (Å²) in [6.45, 7) is 1.32. The molecule has 0 aromatic heterocycles. The number of carbonyl (C=O) groups excluding carboxylic acids is 2. The molecule has 0 unspecified atom stereocenters. The van der Waals surface area contributed by atoms with Crippen molar-refractivity contribution in [2.24, 2.45) is 0 Å². The van der Waals surface area contributed by atoms with Crippen LogP contribution >= 0.6 is 23.2 Å². The van der Waals surface area contributed by atoms with Crippen molar-refractivity contribution in [1.29, 1.82) is 0 Å². The van der Waals surface area contributed by atoms with E-state index < -0.39 is 28.5 Å². The largest absolute Gasteiger partial charge is 0.352 e. The van der Waals surface area contributed by atoms with Crippen molar-refractivity contribution in [2.45, 2.75) is 51.2 Å². The first-order chi connectivity index (χ1) is 16.0. The molecule has 0 spiro atoms. The fourth-order valence-electron chi connectivity index (χ4n) is 4.01. The van der Waals surface area contributed by atoms with Crippen LogP contribution in [0.4, 0.5) is 5.69 Å². The van der Waals surface area contributed by atoms with Crippen LogP contribution in [0.2, 0.25) is 10.0 Å². The molecule has 184 valence electrons. The van der Waals surface area contributed by atoms with Gasteiger partial charge in [0.25, 0.3) is 0 Å². The van der Waals surface area contributed by atoms with Gasteiger partial charge >= 0.3 is 0 Å². The Labute approximate surface area is 211 Å². The lowest BCUT2D eigenvalue weighted by atomic mass is 10.1. The van der Waals surface area contributed by atoms with Crippen LogP contribution in [0, 0.1) is 0 Å². The highest BCUT2D eigenvalue weighted by molar-refractivity contribution is 7.92. The van der Waals surface area contributed by atoms with Crippen LogP contribution in [0.1, 0.15) is 38.2 Å². The van der Waals surface area contributed by atoms with Crippen LogP contribution in [0.15, 0.2) is 48.5 Å². The predicted octanol–water partition coefficient (Wildman–Crippen LogP) is 4.24. The molecule has 0 aliphatic heterocycles. The number of anilines is 1. The number of benzene rings is 2. The van der Waals surface area contributed by atoms with E-state index in [1.165, 1.54) is 11.0 Å². The van der Waals surface area contributed by atoms with E-state index in [1.807, 2.05) is 0 Å². The number of nitrogens with zero attached hydrogens (tertiary/aromatic N) is 2. The van der Waals surface area contributed by atoms with E-state index in [2.05, 4.69) is 5.32 Å². The second kappa shape index (κ2) is 11.4. The lowest BCUT2D eigenvalue weighted by molar-refractivity contribution is -0.139. The average Bonchev–Trinajstić information content (AvgIpc) is 3.28. The molecular weight excluding hydrogens is 497 g/mol. The van der Waals surface area contributed by atoms with Crippen molar-refractivity contribution in [1.82, 2.24) is 10.2 Å². The summed E-state index contributed by atoms with van der Waals surface area (Å²) in [5.41, 5.74) is 1.05. The molecule has 1 saturated carbocycles. The van der Waals surface area contributed by atoms with Gasteiger partial charge in [-0.25, -0.2) is 8.42 Å². The third-order valence-electron chi connectivity index (χ3n) is 5.91. The molecular formula is C24H29Cl2N3O4S. The van der Waals surface area contributed by atoms with Gasteiger partial charge in [0.15, 0.2) is 0 Å². The molecule has 34 heavy (non-hydrogen) atoms. The Morgan fingerprint density at radius 2 is 1.71 bits per heavy atom. The highest BCUT2D eigenvalue weighted by Crippen LogP contribution is 2.23. The number of hydrogen-bond donors (Lipinski definition) is 1. The molecule has 0 radical (unpaired) electrons. The highest BCUT2D eigenvalue weighted by atomic mass is 35.5.